The summed E-state index contributed by atoms with van der Waals surface area (Å²) in [7, 11) is 1.82. The first-order valence-electron chi connectivity index (χ1n) is 10.3. The average molecular weight is 384 g/mol. The maximum atomic E-state index is 12.1. The third-order valence-corrected chi connectivity index (χ3v) is 4.99. The van der Waals surface area contributed by atoms with Gasteiger partial charge in [0.25, 0.3) is 0 Å². The third-order valence-electron chi connectivity index (χ3n) is 4.99. The standard InChI is InChI=1S/C20H41N5O2/c1-9-24(10-2)16-11-12-25(14-16)18(21-8)22-13-17(15(3)4)23-19(26)27-20(5,6)7/h15-17H,9-14H2,1-8H3,(H,21,22)(H,23,26). The summed E-state index contributed by atoms with van der Waals surface area (Å²) >= 11 is 0. The van der Waals surface area contributed by atoms with Crippen LogP contribution in [0.15, 0.2) is 4.99 Å². The minimum absolute atomic E-state index is 0.0298. The first-order valence-corrected chi connectivity index (χ1v) is 10.3. The second kappa shape index (κ2) is 10.7. The molecule has 1 aliphatic heterocycles. The summed E-state index contributed by atoms with van der Waals surface area (Å²) in [5.74, 6) is 1.19. The van der Waals surface area contributed by atoms with Gasteiger partial charge in [0.2, 0.25) is 0 Å². The Kier molecular flexibility index (Phi) is 9.36. The molecule has 1 amide bonds. The van der Waals surface area contributed by atoms with Crippen LogP contribution in [-0.2, 0) is 4.74 Å². The van der Waals surface area contributed by atoms with Crippen LogP contribution in [0.1, 0.15) is 54.9 Å². The van der Waals surface area contributed by atoms with Crippen molar-refractivity contribution in [2.45, 2.75) is 72.6 Å². The van der Waals surface area contributed by atoms with E-state index in [-0.39, 0.29) is 18.1 Å². The molecule has 0 radical (unpaired) electrons. The van der Waals surface area contributed by atoms with Crippen LogP contribution >= 0.6 is 0 Å². The lowest BCUT2D eigenvalue weighted by molar-refractivity contribution is 0.0491. The zero-order valence-electron chi connectivity index (χ0n) is 18.6. The van der Waals surface area contributed by atoms with Crippen molar-refractivity contribution in [3.8, 4) is 0 Å². The van der Waals surface area contributed by atoms with Gasteiger partial charge < -0.3 is 20.3 Å². The fraction of sp³-hybridized carbons (Fsp3) is 0.900. The highest BCUT2D eigenvalue weighted by molar-refractivity contribution is 5.80. The number of aliphatic imine (C=N–C) groups is 1. The molecular weight excluding hydrogens is 342 g/mol. The molecule has 2 atom stereocenters. The van der Waals surface area contributed by atoms with Gasteiger partial charge in [-0.15, -0.1) is 0 Å². The molecule has 0 aliphatic carbocycles. The number of rotatable bonds is 7. The van der Waals surface area contributed by atoms with Crippen molar-refractivity contribution in [3.63, 3.8) is 0 Å². The van der Waals surface area contributed by atoms with Crippen LogP contribution in [0.4, 0.5) is 4.79 Å². The second-order valence-electron chi connectivity index (χ2n) is 8.53. The molecule has 0 bridgehead atoms. The average Bonchev–Trinajstić information content (AvgIpc) is 3.03. The van der Waals surface area contributed by atoms with Crippen LogP contribution in [0.5, 0.6) is 0 Å². The fourth-order valence-electron chi connectivity index (χ4n) is 3.42. The van der Waals surface area contributed by atoms with Crippen molar-refractivity contribution in [1.29, 1.82) is 0 Å². The fourth-order valence-corrected chi connectivity index (χ4v) is 3.42. The number of carbonyl (C=O) groups is 1. The van der Waals surface area contributed by atoms with Crippen LogP contribution in [0.25, 0.3) is 0 Å². The van der Waals surface area contributed by atoms with E-state index in [2.05, 4.69) is 53.1 Å². The van der Waals surface area contributed by atoms with Crippen LogP contribution in [0, 0.1) is 5.92 Å². The van der Waals surface area contributed by atoms with Gasteiger partial charge in [-0.2, -0.15) is 0 Å². The number of likely N-dealkylation sites (tertiary alicyclic amines) is 1. The van der Waals surface area contributed by atoms with E-state index in [9.17, 15) is 4.79 Å². The van der Waals surface area contributed by atoms with E-state index in [1.165, 1.54) is 0 Å². The van der Waals surface area contributed by atoms with E-state index in [1.54, 1.807) is 0 Å². The van der Waals surface area contributed by atoms with Gasteiger partial charge in [0, 0.05) is 32.7 Å². The van der Waals surface area contributed by atoms with Crippen molar-refractivity contribution >= 4 is 12.1 Å². The lowest BCUT2D eigenvalue weighted by Crippen LogP contribution is -2.51. The summed E-state index contributed by atoms with van der Waals surface area (Å²) in [6, 6.07) is 0.553. The summed E-state index contributed by atoms with van der Waals surface area (Å²) in [5, 5.41) is 6.43. The molecule has 1 fully saturated rings. The van der Waals surface area contributed by atoms with Crippen LogP contribution in [0.2, 0.25) is 0 Å². The SMILES string of the molecule is CCN(CC)C1CCN(C(=NC)NCC(NC(=O)OC(C)(C)C)C(C)C)C1. The first-order chi connectivity index (χ1) is 12.6. The maximum absolute atomic E-state index is 12.1. The van der Waals surface area contributed by atoms with E-state index >= 15 is 0 Å². The number of alkyl carbamates (subject to hydrolysis) is 1. The van der Waals surface area contributed by atoms with Crippen molar-refractivity contribution < 1.29 is 9.53 Å². The molecule has 0 aromatic heterocycles. The summed E-state index contributed by atoms with van der Waals surface area (Å²) < 4.78 is 5.39. The van der Waals surface area contributed by atoms with E-state index < -0.39 is 5.60 Å². The number of likely N-dealkylation sites (N-methyl/N-ethyl adjacent to an activating group) is 1. The summed E-state index contributed by atoms with van der Waals surface area (Å²) in [6.45, 7) is 19.0. The third kappa shape index (κ3) is 7.95. The number of nitrogens with one attached hydrogen (secondary N) is 2. The first kappa shape index (κ1) is 23.5. The summed E-state index contributed by atoms with van der Waals surface area (Å²) in [5.41, 5.74) is -0.496. The molecule has 1 saturated heterocycles. The molecule has 1 heterocycles. The Hall–Kier alpha value is -1.50. The Labute approximate surface area is 165 Å². The molecular formula is C20H41N5O2. The van der Waals surface area contributed by atoms with Gasteiger partial charge in [-0.3, -0.25) is 9.89 Å². The van der Waals surface area contributed by atoms with Gasteiger partial charge in [0.05, 0.1) is 6.04 Å². The van der Waals surface area contributed by atoms with Gasteiger partial charge in [0.15, 0.2) is 5.96 Å². The molecule has 27 heavy (non-hydrogen) atoms. The number of hydrogen-bond donors (Lipinski definition) is 2. The smallest absolute Gasteiger partial charge is 0.407 e. The molecule has 1 aliphatic rings. The number of hydrogen-bond acceptors (Lipinski definition) is 4. The van der Waals surface area contributed by atoms with Gasteiger partial charge in [-0.1, -0.05) is 27.7 Å². The largest absolute Gasteiger partial charge is 0.444 e. The van der Waals surface area contributed by atoms with Gasteiger partial charge in [-0.25, -0.2) is 4.79 Å². The van der Waals surface area contributed by atoms with Crippen LogP contribution in [0.3, 0.4) is 0 Å². The molecule has 1 rings (SSSR count). The minimum atomic E-state index is -0.496. The number of carbonyl (C=O) groups excluding carboxylic acids is 1. The van der Waals surface area contributed by atoms with E-state index in [1.807, 2.05) is 27.8 Å². The van der Waals surface area contributed by atoms with E-state index in [0.29, 0.717) is 12.6 Å². The molecule has 0 saturated carbocycles. The number of nitrogens with zero attached hydrogens (tertiary/aromatic N) is 3. The van der Waals surface area contributed by atoms with Gasteiger partial charge in [-0.05, 0) is 46.2 Å². The van der Waals surface area contributed by atoms with Crippen LogP contribution < -0.4 is 10.6 Å². The zero-order valence-corrected chi connectivity index (χ0v) is 18.6. The molecule has 0 spiro atoms. The van der Waals surface area contributed by atoms with Crippen molar-refractivity contribution in [3.05, 3.63) is 0 Å². The van der Waals surface area contributed by atoms with Crippen molar-refractivity contribution in [2.24, 2.45) is 10.9 Å². The lowest BCUT2D eigenvalue weighted by atomic mass is 10.0. The molecule has 158 valence electrons. The Bertz CT molecular complexity index is 483. The highest BCUT2D eigenvalue weighted by Gasteiger charge is 2.29. The monoisotopic (exact) mass is 383 g/mol. The summed E-state index contributed by atoms with van der Waals surface area (Å²) in [6.07, 6.45) is 0.785. The topological polar surface area (TPSA) is 69.2 Å². The normalized spacial score (nSPS) is 19.6. The van der Waals surface area contributed by atoms with Gasteiger partial charge in [0.1, 0.15) is 5.60 Å². The zero-order chi connectivity index (χ0) is 20.6. The second-order valence-corrected chi connectivity index (χ2v) is 8.53. The Morgan fingerprint density at radius 1 is 1.30 bits per heavy atom. The van der Waals surface area contributed by atoms with Crippen molar-refractivity contribution in [2.75, 3.05) is 39.8 Å². The molecule has 7 nitrogen and oxygen atoms in total. The highest BCUT2D eigenvalue weighted by atomic mass is 16.6. The number of amides is 1. The lowest BCUT2D eigenvalue weighted by Gasteiger charge is -2.29. The predicted octanol–water partition coefficient (Wildman–Crippen LogP) is 2.53. The molecule has 2 N–H and O–H groups in total. The minimum Gasteiger partial charge on any atom is -0.444 e. The molecule has 7 heteroatoms. The predicted molar refractivity (Wildman–Crippen MR) is 112 cm³/mol. The Balaban J connectivity index is 2.59. The number of guanidine groups is 1. The maximum Gasteiger partial charge on any atom is 0.407 e. The van der Waals surface area contributed by atoms with Crippen molar-refractivity contribution in [1.82, 2.24) is 20.4 Å². The molecule has 0 aromatic rings. The van der Waals surface area contributed by atoms with E-state index in [4.69, 9.17) is 4.74 Å². The summed E-state index contributed by atoms with van der Waals surface area (Å²) in [4.78, 5) is 21.4. The number of ether oxygens (including phenoxy) is 1. The Morgan fingerprint density at radius 2 is 1.93 bits per heavy atom. The quantitative estimate of drug-likeness (QED) is 0.522. The molecule has 0 aromatic carbocycles. The highest BCUT2D eigenvalue weighted by Crippen LogP contribution is 2.15. The van der Waals surface area contributed by atoms with Gasteiger partial charge >= 0.3 is 6.09 Å². The molecule has 2 unspecified atom stereocenters. The van der Waals surface area contributed by atoms with E-state index in [0.717, 1.165) is 38.6 Å². The Morgan fingerprint density at radius 3 is 2.41 bits per heavy atom. The van der Waals surface area contributed by atoms with Crippen LogP contribution in [-0.4, -0.2) is 79.3 Å².